The van der Waals surface area contributed by atoms with Gasteiger partial charge < -0.3 is 10.1 Å². The lowest BCUT2D eigenvalue weighted by atomic mass is 10.1. The molecule has 0 saturated carbocycles. The first-order valence-corrected chi connectivity index (χ1v) is 7.02. The van der Waals surface area contributed by atoms with Crippen LogP contribution in [0.25, 0.3) is 11.3 Å². The van der Waals surface area contributed by atoms with Gasteiger partial charge in [0.15, 0.2) is 0 Å². The summed E-state index contributed by atoms with van der Waals surface area (Å²) in [6, 6.07) is 9.78. The minimum Gasteiger partial charge on any atom is -0.461 e. The molecule has 0 aliphatic heterocycles. The Kier molecular flexibility index (Phi) is 4.87. The molecule has 5 heteroatoms. The molecule has 0 fully saturated rings. The third-order valence-corrected chi connectivity index (χ3v) is 3.16. The van der Waals surface area contributed by atoms with Crippen LogP contribution in [0.15, 0.2) is 30.3 Å². The van der Waals surface area contributed by atoms with E-state index in [0.29, 0.717) is 12.3 Å². The predicted octanol–water partition coefficient (Wildman–Crippen LogP) is 2.94. The number of nitrogens with one attached hydrogen (secondary N) is 1. The van der Waals surface area contributed by atoms with Gasteiger partial charge >= 0.3 is 5.97 Å². The van der Waals surface area contributed by atoms with Gasteiger partial charge in [0.25, 0.3) is 0 Å². The van der Waals surface area contributed by atoms with E-state index in [1.54, 1.807) is 13.0 Å². The molecule has 21 heavy (non-hydrogen) atoms. The van der Waals surface area contributed by atoms with E-state index in [0.717, 1.165) is 17.7 Å². The Morgan fingerprint density at radius 3 is 2.86 bits per heavy atom. The van der Waals surface area contributed by atoms with E-state index in [-0.39, 0.29) is 6.54 Å². The van der Waals surface area contributed by atoms with Gasteiger partial charge in [0.05, 0.1) is 18.8 Å². The lowest BCUT2D eigenvalue weighted by molar-refractivity contribution is 0.0513. The fourth-order valence-electron chi connectivity index (χ4n) is 2.10. The lowest BCUT2D eigenvalue weighted by Gasteiger charge is -2.03. The predicted molar refractivity (Wildman–Crippen MR) is 81.8 cm³/mol. The molecule has 0 spiro atoms. The Morgan fingerprint density at radius 1 is 1.38 bits per heavy atom. The first kappa shape index (κ1) is 15.0. The third kappa shape index (κ3) is 3.37. The summed E-state index contributed by atoms with van der Waals surface area (Å²) in [7, 11) is 0. The zero-order valence-corrected chi connectivity index (χ0v) is 12.3. The second-order valence-electron chi connectivity index (χ2n) is 4.58. The second kappa shape index (κ2) is 6.83. The van der Waals surface area contributed by atoms with Crippen LogP contribution in [0.5, 0.6) is 0 Å². The number of benzene rings is 1. The maximum atomic E-state index is 11.9. The minimum atomic E-state index is -0.412. The van der Waals surface area contributed by atoms with E-state index < -0.39 is 5.97 Å². The molecule has 1 N–H and O–H groups in total. The van der Waals surface area contributed by atoms with Crippen LogP contribution < -0.4 is 0 Å². The molecule has 0 unspecified atom stereocenters. The number of aromatic nitrogens is 2. The van der Waals surface area contributed by atoms with Crippen LogP contribution in [-0.4, -0.2) is 28.6 Å². The van der Waals surface area contributed by atoms with Gasteiger partial charge in [0.1, 0.15) is 5.69 Å². The van der Waals surface area contributed by atoms with Gasteiger partial charge in [0, 0.05) is 11.8 Å². The highest BCUT2D eigenvalue weighted by Gasteiger charge is 2.16. The molecule has 1 aromatic heterocycles. The van der Waals surface area contributed by atoms with Crippen molar-refractivity contribution in [2.75, 3.05) is 6.61 Å². The molecular formula is C16H19N3O2. The molecule has 1 heterocycles. The van der Waals surface area contributed by atoms with Crippen LogP contribution in [0.1, 0.15) is 29.9 Å². The summed E-state index contributed by atoms with van der Waals surface area (Å²) in [5.74, 6) is -0.412. The van der Waals surface area contributed by atoms with E-state index >= 15 is 0 Å². The maximum Gasteiger partial charge on any atom is 0.356 e. The average molecular weight is 285 g/mol. The van der Waals surface area contributed by atoms with Gasteiger partial charge in [-0.15, -0.1) is 0 Å². The third-order valence-electron chi connectivity index (χ3n) is 3.16. The molecule has 110 valence electrons. The van der Waals surface area contributed by atoms with E-state index in [1.807, 2.05) is 12.1 Å². The van der Waals surface area contributed by atoms with Crippen LogP contribution in [0.4, 0.5) is 0 Å². The standard InChI is InChI=1S/C16H19N3O2/c1-3-12-6-5-7-13(10-12)14-11-15(16(20)21-4-2)19(18-14)9-8-17/h5-8,10-11,17H,3-4,9H2,1-2H3. The Hall–Kier alpha value is -2.43. The van der Waals surface area contributed by atoms with Crippen LogP contribution in [-0.2, 0) is 17.7 Å². The molecule has 0 radical (unpaired) electrons. The quantitative estimate of drug-likeness (QED) is 0.655. The molecule has 0 amide bonds. The molecule has 0 saturated heterocycles. The van der Waals surface area contributed by atoms with Crippen LogP contribution >= 0.6 is 0 Å². The SMILES string of the molecule is CCOC(=O)c1cc(-c2cccc(CC)c2)nn1CC=N. The zero-order chi connectivity index (χ0) is 15.2. The van der Waals surface area contributed by atoms with Crippen molar-refractivity contribution in [1.29, 1.82) is 5.41 Å². The topological polar surface area (TPSA) is 68.0 Å². The van der Waals surface area contributed by atoms with Crippen molar-refractivity contribution in [3.05, 3.63) is 41.6 Å². The first-order chi connectivity index (χ1) is 10.2. The minimum absolute atomic E-state index is 0.252. The first-order valence-electron chi connectivity index (χ1n) is 7.02. The van der Waals surface area contributed by atoms with Gasteiger partial charge in [-0.3, -0.25) is 4.68 Å². The summed E-state index contributed by atoms with van der Waals surface area (Å²) in [6.07, 6.45) is 2.15. The monoisotopic (exact) mass is 285 g/mol. The molecular weight excluding hydrogens is 266 g/mol. The maximum absolute atomic E-state index is 11.9. The fraction of sp³-hybridized carbons (Fsp3) is 0.312. The highest BCUT2D eigenvalue weighted by molar-refractivity contribution is 5.89. The van der Waals surface area contributed by atoms with Gasteiger partial charge in [-0.2, -0.15) is 5.10 Å². The number of nitrogens with zero attached hydrogens (tertiary/aromatic N) is 2. The number of carbonyl (C=O) groups excluding carboxylic acids is 1. The zero-order valence-electron chi connectivity index (χ0n) is 12.3. The van der Waals surface area contributed by atoms with Crippen molar-refractivity contribution >= 4 is 12.2 Å². The van der Waals surface area contributed by atoms with Crippen LogP contribution in [0.2, 0.25) is 0 Å². The summed E-state index contributed by atoms with van der Waals surface area (Å²) in [4.78, 5) is 11.9. The fourth-order valence-corrected chi connectivity index (χ4v) is 2.10. The van der Waals surface area contributed by atoms with Gasteiger partial charge in [-0.1, -0.05) is 25.1 Å². The Bertz CT molecular complexity index is 647. The Balaban J connectivity index is 2.42. The van der Waals surface area contributed by atoms with Gasteiger partial charge in [-0.25, -0.2) is 4.79 Å². The van der Waals surface area contributed by atoms with Crippen LogP contribution in [0, 0.1) is 5.41 Å². The number of hydrogen-bond acceptors (Lipinski definition) is 4. The van der Waals surface area contributed by atoms with E-state index in [9.17, 15) is 4.79 Å². The Labute approximate surface area is 124 Å². The smallest absolute Gasteiger partial charge is 0.356 e. The number of hydrogen-bond donors (Lipinski definition) is 1. The van der Waals surface area contributed by atoms with Gasteiger partial charge in [-0.05, 0) is 31.0 Å². The van der Waals surface area contributed by atoms with E-state index in [1.165, 1.54) is 16.5 Å². The highest BCUT2D eigenvalue weighted by Crippen LogP contribution is 2.21. The number of ether oxygens (including phenoxy) is 1. The number of carbonyl (C=O) groups is 1. The van der Waals surface area contributed by atoms with Crippen molar-refractivity contribution in [3.63, 3.8) is 0 Å². The van der Waals surface area contributed by atoms with E-state index in [2.05, 4.69) is 24.2 Å². The van der Waals surface area contributed by atoms with Crippen molar-refractivity contribution < 1.29 is 9.53 Å². The summed E-state index contributed by atoms with van der Waals surface area (Å²) in [5.41, 5.74) is 3.27. The summed E-state index contributed by atoms with van der Waals surface area (Å²) in [6.45, 7) is 4.43. The lowest BCUT2D eigenvalue weighted by Crippen LogP contribution is -2.13. The van der Waals surface area contributed by atoms with Crippen molar-refractivity contribution in [3.8, 4) is 11.3 Å². The molecule has 0 atom stereocenters. The van der Waals surface area contributed by atoms with Crippen molar-refractivity contribution in [1.82, 2.24) is 9.78 Å². The largest absolute Gasteiger partial charge is 0.461 e. The number of rotatable bonds is 6. The van der Waals surface area contributed by atoms with Crippen molar-refractivity contribution in [2.45, 2.75) is 26.8 Å². The number of esters is 1. The molecule has 2 rings (SSSR count). The summed E-state index contributed by atoms with van der Waals surface area (Å²) in [5, 5.41) is 11.6. The number of aryl methyl sites for hydroxylation is 1. The average Bonchev–Trinajstić information content (AvgIpc) is 2.92. The van der Waals surface area contributed by atoms with E-state index in [4.69, 9.17) is 10.1 Å². The molecule has 0 aliphatic rings. The van der Waals surface area contributed by atoms with Crippen molar-refractivity contribution in [2.24, 2.45) is 0 Å². The second-order valence-corrected chi connectivity index (χ2v) is 4.58. The summed E-state index contributed by atoms with van der Waals surface area (Å²) < 4.78 is 6.53. The molecule has 0 bridgehead atoms. The highest BCUT2D eigenvalue weighted by atomic mass is 16.5. The molecule has 2 aromatic rings. The Morgan fingerprint density at radius 2 is 2.19 bits per heavy atom. The van der Waals surface area contributed by atoms with Crippen LogP contribution in [0.3, 0.4) is 0 Å². The molecule has 1 aromatic carbocycles. The normalized spacial score (nSPS) is 10.4. The molecule has 5 nitrogen and oxygen atoms in total. The van der Waals surface area contributed by atoms with Gasteiger partial charge in [0.2, 0.25) is 0 Å². The molecule has 0 aliphatic carbocycles. The summed E-state index contributed by atoms with van der Waals surface area (Å²) >= 11 is 0.